The van der Waals surface area contributed by atoms with Crippen LogP contribution in [0.4, 0.5) is 0 Å². The Bertz CT molecular complexity index is 786. The Morgan fingerprint density at radius 3 is 2.39 bits per heavy atom. The normalized spacial score (nSPS) is 33.6. The summed E-state index contributed by atoms with van der Waals surface area (Å²) >= 11 is 2.22. The minimum Gasteiger partial charge on any atom is -0.144 e. The van der Waals surface area contributed by atoms with Crippen molar-refractivity contribution in [2.45, 2.75) is 36.7 Å². The maximum atomic E-state index is 2.49. The van der Waals surface area contributed by atoms with Crippen LogP contribution in [0.15, 0.2) is 54.6 Å². The van der Waals surface area contributed by atoms with Gasteiger partial charge in [-0.3, -0.25) is 0 Å². The number of hydrogen-bond acceptors (Lipinski definition) is 1. The molecule has 1 heterocycles. The second kappa shape index (κ2) is 5.01. The second-order valence-electron chi connectivity index (χ2n) is 7.50. The largest absolute Gasteiger partial charge is 0.144 e. The molecule has 2 bridgehead atoms. The molecule has 1 aliphatic heterocycles. The van der Waals surface area contributed by atoms with Crippen LogP contribution in [0.2, 0.25) is 0 Å². The first-order valence-electron chi connectivity index (χ1n) is 8.71. The van der Waals surface area contributed by atoms with Crippen molar-refractivity contribution >= 4 is 11.8 Å². The van der Waals surface area contributed by atoms with Crippen LogP contribution >= 0.6 is 11.8 Å². The molecular formula is C22H22S. The third-order valence-electron chi connectivity index (χ3n) is 5.94. The molecule has 5 atom stereocenters. The van der Waals surface area contributed by atoms with Gasteiger partial charge < -0.3 is 0 Å². The molecule has 23 heavy (non-hydrogen) atoms. The van der Waals surface area contributed by atoms with Crippen molar-refractivity contribution in [3.8, 4) is 0 Å². The molecule has 5 rings (SSSR count). The molecule has 0 spiro atoms. The highest BCUT2D eigenvalue weighted by atomic mass is 32.2. The average Bonchev–Trinajstić information content (AvgIpc) is 3.16. The van der Waals surface area contributed by atoms with Crippen molar-refractivity contribution in [2.24, 2.45) is 11.8 Å². The lowest BCUT2D eigenvalue weighted by Crippen LogP contribution is -2.27. The zero-order valence-electron chi connectivity index (χ0n) is 13.7. The van der Waals surface area contributed by atoms with Crippen LogP contribution in [0.3, 0.4) is 0 Å². The molecule has 0 aromatic heterocycles. The van der Waals surface area contributed by atoms with E-state index in [1.54, 1.807) is 11.1 Å². The molecule has 1 heteroatoms. The van der Waals surface area contributed by atoms with E-state index >= 15 is 0 Å². The van der Waals surface area contributed by atoms with Gasteiger partial charge in [0.25, 0.3) is 0 Å². The summed E-state index contributed by atoms with van der Waals surface area (Å²) in [5.74, 6) is 2.31. The number of rotatable bonds is 1. The Hall–Kier alpha value is -1.47. The first-order valence-corrected chi connectivity index (χ1v) is 9.66. The number of benzene rings is 2. The Morgan fingerprint density at radius 2 is 1.57 bits per heavy atom. The zero-order chi connectivity index (χ0) is 15.6. The number of aryl methyl sites for hydroxylation is 2. The SMILES string of the molecule is Cc1ccc([C@H]2S[C@H]3C4C=CC(C4)[C@H]3c3cc(C)ccc32)cc1. The molecule has 2 unspecified atom stereocenters. The lowest BCUT2D eigenvalue weighted by atomic mass is 9.81. The molecule has 116 valence electrons. The molecule has 0 N–H and O–H groups in total. The highest BCUT2D eigenvalue weighted by Crippen LogP contribution is 2.62. The summed E-state index contributed by atoms with van der Waals surface area (Å²) in [6.07, 6.45) is 6.35. The van der Waals surface area contributed by atoms with Gasteiger partial charge in [-0.05, 0) is 48.8 Å². The van der Waals surface area contributed by atoms with Crippen LogP contribution in [0.5, 0.6) is 0 Å². The van der Waals surface area contributed by atoms with E-state index in [1.807, 2.05) is 0 Å². The maximum Gasteiger partial charge on any atom is 0.0552 e. The molecule has 0 nitrogen and oxygen atoms in total. The first-order chi connectivity index (χ1) is 11.2. The predicted molar refractivity (Wildman–Crippen MR) is 99.1 cm³/mol. The highest BCUT2D eigenvalue weighted by molar-refractivity contribution is 8.00. The molecular weight excluding hydrogens is 296 g/mol. The lowest BCUT2D eigenvalue weighted by Gasteiger charge is -2.39. The summed E-state index contributed by atoms with van der Waals surface area (Å²) in [5.41, 5.74) is 7.42. The Kier molecular flexibility index (Phi) is 3.03. The molecule has 0 saturated heterocycles. The molecule has 2 aromatic carbocycles. The summed E-state index contributed by atoms with van der Waals surface area (Å²) in [7, 11) is 0. The molecule has 3 aliphatic rings. The number of hydrogen-bond donors (Lipinski definition) is 0. The van der Waals surface area contributed by atoms with Crippen LogP contribution in [0.25, 0.3) is 0 Å². The smallest absolute Gasteiger partial charge is 0.0552 e. The van der Waals surface area contributed by atoms with Crippen molar-refractivity contribution in [3.63, 3.8) is 0 Å². The summed E-state index contributed by atoms with van der Waals surface area (Å²) in [6.45, 7) is 4.41. The molecule has 1 saturated carbocycles. The second-order valence-corrected chi connectivity index (χ2v) is 8.79. The Labute approximate surface area is 143 Å². The van der Waals surface area contributed by atoms with E-state index in [9.17, 15) is 0 Å². The molecule has 2 aliphatic carbocycles. The van der Waals surface area contributed by atoms with Crippen molar-refractivity contribution in [3.05, 3.63) is 82.4 Å². The summed E-state index contributed by atoms with van der Waals surface area (Å²) < 4.78 is 0. The van der Waals surface area contributed by atoms with Gasteiger partial charge in [-0.25, -0.2) is 0 Å². The predicted octanol–water partition coefficient (Wildman–Crippen LogP) is 5.80. The third kappa shape index (κ3) is 2.06. The minimum atomic E-state index is 0.500. The number of thioether (sulfide) groups is 1. The summed E-state index contributed by atoms with van der Waals surface area (Å²) in [4.78, 5) is 0. The van der Waals surface area contributed by atoms with Crippen molar-refractivity contribution in [2.75, 3.05) is 0 Å². The van der Waals surface area contributed by atoms with Gasteiger partial charge in [0.2, 0.25) is 0 Å². The Balaban J connectivity index is 1.66. The molecule has 1 fully saturated rings. The first kappa shape index (κ1) is 13.9. The van der Waals surface area contributed by atoms with Crippen molar-refractivity contribution < 1.29 is 0 Å². The van der Waals surface area contributed by atoms with Crippen LogP contribution in [0.1, 0.15) is 45.4 Å². The van der Waals surface area contributed by atoms with E-state index in [4.69, 9.17) is 0 Å². The van der Waals surface area contributed by atoms with Crippen molar-refractivity contribution in [1.29, 1.82) is 0 Å². The van der Waals surface area contributed by atoms with Gasteiger partial charge in [-0.2, -0.15) is 0 Å². The maximum absolute atomic E-state index is 2.49. The van der Waals surface area contributed by atoms with Gasteiger partial charge in [0.1, 0.15) is 0 Å². The zero-order valence-corrected chi connectivity index (χ0v) is 14.5. The van der Waals surface area contributed by atoms with E-state index in [2.05, 4.69) is 80.2 Å². The van der Waals surface area contributed by atoms with Crippen LogP contribution in [-0.2, 0) is 0 Å². The van der Waals surface area contributed by atoms with Crippen LogP contribution in [-0.4, -0.2) is 5.25 Å². The lowest BCUT2D eigenvalue weighted by molar-refractivity contribution is 0.582. The van der Waals surface area contributed by atoms with Gasteiger partial charge >= 0.3 is 0 Å². The van der Waals surface area contributed by atoms with Crippen LogP contribution in [0, 0.1) is 25.7 Å². The van der Waals surface area contributed by atoms with Gasteiger partial charge in [-0.15, -0.1) is 11.8 Å². The number of allylic oxidation sites excluding steroid dienone is 2. The fourth-order valence-corrected chi connectivity index (χ4v) is 6.73. The van der Waals surface area contributed by atoms with Crippen molar-refractivity contribution in [1.82, 2.24) is 0 Å². The fourth-order valence-electron chi connectivity index (χ4n) is 4.82. The van der Waals surface area contributed by atoms with E-state index in [0.717, 1.165) is 23.0 Å². The van der Waals surface area contributed by atoms with Gasteiger partial charge in [0.05, 0.1) is 5.25 Å². The molecule has 0 radical (unpaired) electrons. The van der Waals surface area contributed by atoms with E-state index in [-0.39, 0.29) is 0 Å². The average molecular weight is 318 g/mol. The highest BCUT2D eigenvalue weighted by Gasteiger charge is 2.50. The summed E-state index contributed by atoms with van der Waals surface area (Å²) in [5, 5.41) is 1.27. The molecule has 2 aromatic rings. The van der Waals surface area contributed by atoms with Gasteiger partial charge in [-0.1, -0.05) is 65.7 Å². The quantitative estimate of drug-likeness (QED) is 0.599. The fraction of sp³-hybridized carbons (Fsp3) is 0.364. The van der Waals surface area contributed by atoms with E-state index < -0.39 is 0 Å². The van der Waals surface area contributed by atoms with Gasteiger partial charge in [0.15, 0.2) is 0 Å². The Morgan fingerprint density at radius 1 is 0.826 bits per heavy atom. The van der Waals surface area contributed by atoms with Gasteiger partial charge in [0, 0.05) is 11.2 Å². The molecule has 0 amide bonds. The monoisotopic (exact) mass is 318 g/mol. The van der Waals surface area contributed by atoms with E-state index in [0.29, 0.717) is 5.25 Å². The number of fused-ring (bicyclic) bond motifs is 7. The standard InChI is InChI=1S/C22H22S/c1-13-3-6-15(7-4-13)21-18-10-5-14(2)11-19(18)20-16-8-9-17(12-16)22(20)23-21/h3-11,16-17,20-22H,12H2,1-2H3/t16?,17?,20-,21+,22-/m0/s1. The summed E-state index contributed by atoms with van der Waals surface area (Å²) in [6, 6.07) is 16.4. The third-order valence-corrected chi connectivity index (χ3v) is 7.70. The minimum absolute atomic E-state index is 0.500. The van der Waals surface area contributed by atoms with E-state index in [1.165, 1.54) is 23.1 Å². The van der Waals surface area contributed by atoms with Crippen LogP contribution < -0.4 is 0 Å². The topological polar surface area (TPSA) is 0 Å².